The summed E-state index contributed by atoms with van der Waals surface area (Å²) >= 11 is 0. The van der Waals surface area contributed by atoms with Crippen molar-refractivity contribution in [3.05, 3.63) is 88.6 Å². The maximum Gasteiger partial charge on any atom is 0.416 e. The molecular weight excluding hydrogens is 433 g/mol. The lowest BCUT2D eigenvalue weighted by molar-refractivity contribution is -0.139. The molecule has 0 bridgehead atoms. The van der Waals surface area contributed by atoms with E-state index in [1.807, 2.05) is 36.4 Å². The van der Waals surface area contributed by atoms with Gasteiger partial charge in [0.15, 0.2) is 0 Å². The molecule has 0 saturated heterocycles. The maximum absolute atomic E-state index is 13.3. The molecule has 0 fully saturated rings. The lowest BCUT2D eigenvalue weighted by atomic mass is 9.75. The Morgan fingerprint density at radius 2 is 1.79 bits per heavy atom. The molecular formula is C25H23F3N2O3. The normalized spacial score (nSPS) is 18.9. The molecule has 2 N–H and O–H groups in total. The number of halogens is 3. The molecule has 3 rings (SSSR count). The minimum Gasteiger partial charge on any atom is -0.481 e. The Balaban J connectivity index is 1.94. The Bertz CT molecular complexity index is 1140. The van der Waals surface area contributed by atoms with Crippen LogP contribution < -0.4 is 5.32 Å². The molecule has 0 radical (unpaired) electrons. The number of benzene rings is 2. The standard InChI is InChI=1S/C25H23F3N2O3/c1-15-20(23(31)29-13-7-10-17-8-4-3-5-9-17)22(21(24(32)33)16(2)30-15)18-11-6-12-19(14-18)25(26,27)28/h3-12,14,21-22H,13H2,1-2H3,(H,29,31)(H,32,33). The van der Waals surface area contributed by atoms with E-state index < -0.39 is 35.5 Å². The summed E-state index contributed by atoms with van der Waals surface area (Å²) in [5.41, 5.74) is 0.663. The fourth-order valence-corrected chi connectivity index (χ4v) is 3.93. The lowest BCUT2D eigenvalue weighted by Crippen LogP contribution is -2.38. The minimum absolute atomic E-state index is 0.0421. The summed E-state index contributed by atoms with van der Waals surface area (Å²) in [5, 5.41) is 12.5. The van der Waals surface area contributed by atoms with Gasteiger partial charge in [-0.3, -0.25) is 14.6 Å². The number of rotatable bonds is 6. The van der Waals surface area contributed by atoms with Gasteiger partial charge in [-0.2, -0.15) is 13.2 Å². The predicted octanol–water partition coefficient (Wildman–Crippen LogP) is 5.07. The van der Waals surface area contributed by atoms with E-state index in [2.05, 4.69) is 10.3 Å². The molecule has 5 nitrogen and oxygen atoms in total. The molecule has 1 amide bonds. The van der Waals surface area contributed by atoms with Crippen molar-refractivity contribution in [3.63, 3.8) is 0 Å². The number of carbonyl (C=O) groups is 2. The van der Waals surface area contributed by atoms with Crippen molar-refractivity contribution in [2.75, 3.05) is 6.54 Å². The van der Waals surface area contributed by atoms with Crippen LogP contribution >= 0.6 is 0 Å². The third kappa shape index (κ3) is 5.58. The van der Waals surface area contributed by atoms with Crippen LogP contribution in [0, 0.1) is 5.92 Å². The van der Waals surface area contributed by atoms with Crippen molar-refractivity contribution in [2.45, 2.75) is 25.9 Å². The number of carboxylic acids is 1. The summed E-state index contributed by atoms with van der Waals surface area (Å²) in [6.07, 6.45) is -1.06. The van der Waals surface area contributed by atoms with Gasteiger partial charge >= 0.3 is 12.1 Å². The number of hydrogen-bond donors (Lipinski definition) is 2. The molecule has 2 unspecified atom stereocenters. The Morgan fingerprint density at radius 1 is 1.09 bits per heavy atom. The van der Waals surface area contributed by atoms with E-state index in [4.69, 9.17) is 0 Å². The molecule has 2 atom stereocenters. The second kappa shape index (κ2) is 9.85. The van der Waals surface area contributed by atoms with E-state index >= 15 is 0 Å². The zero-order valence-corrected chi connectivity index (χ0v) is 18.1. The van der Waals surface area contributed by atoms with E-state index in [9.17, 15) is 27.9 Å². The fraction of sp³-hybridized carbons (Fsp3) is 0.240. The van der Waals surface area contributed by atoms with E-state index in [0.717, 1.165) is 17.7 Å². The van der Waals surface area contributed by atoms with Crippen LogP contribution in [0.4, 0.5) is 13.2 Å². The molecule has 172 valence electrons. The highest BCUT2D eigenvalue weighted by Gasteiger charge is 2.41. The topological polar surface area (TPSA) is 78.8 Å². The first-order valence-corrected chi connectivity index (χ1v) is 10.2. The summed E-state index contributed by atoms with van der Waals surface area (Å²) in [4.78, 5) is 29.4. The molecule has 33 heavy (non-hydrogen) atoms. The minimum atomic E-state index is -4.60. The number of nitrogens with zero attached hydrogens (tertiary/aromatic N) is 1. The summed E-state index contributed by atoms with van der Waals surface area (Å²) in [7, 11) is 0. The van der Waals surface area contributed by atoms with Crippen molar-refractivity contribution in [1.82, 2.24) is 5.32 Å². The van der Waals surface area contributed by atoms with Gasteiger partial charge in [-0.05, 0) is 31.0 Å². The van der Waals surface area contributed by atoms with Gasteiger partial charge in [0.2, 0.25) is 5.91 Å². The largest absolute Gasteiger partial charge is 0.481 e. The quantitative estimate of drug-likeness (QED) is 0.637. The van der Waals surface area contributed by atoms with Crippen molar-refractivity contribution < 1.29 is 27.9 Å². The highest BCUT2D eigenvalue weighted by atomic mass is 19.4. The van der Waals surface area contributed by atoms with Gasteiger partial charge in [0, 0.05) is 29.4 Å². The van der Waals surface area contributed by atoms with Crippen LogP contribution in [0.1, 0.15) is 36.5 Å². The summed E-state index contributed by atoms with van der Waals surface area (Å²) in [5.74, 6) is -4.21. The maximum atomic E-state index is 13.3. The second-order valence-corrected chi connectivity index (χ2v) is 7.69. The number of carbonyl (C=O) groups excluding carboxylic acids is 1. The van der Waals surface area contributed by atoms with E-state index in [0.29, 0.717) is 0 Å². The van der Waals surface area contributed by atoms with Gasteiger partial charge in [-0.25, -0.2) is 0 Å². The number of aliphatic carboxylic acids is 1. The molecule has 2 aromatic carbocycles. The van der Waals surface area contributed by atoms with Crippen molar-refractivity contribution in [3.8, 4) is 0 Å². The predicted molar refractivity (Wildman–Crippen MR) is 120 cm³/mol. The average Bonchev–Trinajstić information content (AvgIpc) is 2.76. The molecule has 1 aliphatic heterocycles. The van der Waals surface area contributed by atoms with Gasteiger partial charge < -0.3 is 10.4 Å². The molecule has 1 heterocycles. The van der Waals surface area contributed by atoms with Crippen molar-refractivity contribution in [1.29, 1.82) is 0 Å². The van der Waals surface area contributed by atoms with Gasteiger partial charge in [0.1, 0.15) is 5.92 Å². The number of amides is 1. The van der Waals surface area contributed by atoms with Gasteiger partial charge in [0.05, 0.1) is 5.56 Å². The molecule has 0 aliphatic carbocycles. The van der Waals surface area contributed by atoms with Crippen molar-refractivity contribution >= 4 is 23.7 Å². The Hall–Kier alpha value is -3.68. The third-order valence-electron chi connectivity index (χ3n) is 5.40. The SMILES string of the molecule is CC1=NC(C)=C(C(=O)NCC=Cc2ccccc2)C(c2cccc(C(F)(F)F)c2)C1C(=O)O. The van der Waals surface area contributed by atoms with Crippen LogP contribution in [0.3, 0.4) is 0 Å². The fourth-order valence-electron chi connectivity index (χ4n) is 3.93. The summed E-state index contributed by atoms with van der Waals surface area (Å²) in [6, 6.07) is 13.8. The number of carboxylic acid groups (broad SMARTS) is 1. The van der Waals surface area contributed by atoms with Gasteiger partial charge in [-0.1, -0.05) is 60.7 Å². The first-order valence-electron chi connectivity index (χ1n) is 10.2. The van der Waals surface area contributed by atoms with Crippen LogP contribution in [0.5, 0.6) is 0 Å². The summed E-state index contributed by atoms with van der Waals surface area (Å²) in [6.45, 7) is 3.21. The number of nitrogens with one attached hydrogen (secondary N) is 1. The molecule has 0 saturated carbocycles. The van der Waals surface area contributed by atoms with Crippen molar-refractivity contribution in [2.24, 2.45) is 10.9 Å². The van der Waals surface area contributed by atoms with Gasteiger partial charge in [-0.15, -0.1) is 0 Å². The zero-order chi connectivity index (χ0) is 24.2. The average molecular weight is 456 g/mol. The first-order chi connectivity index (χ1) is 15.6. The lowest BCUT2D eigenvalue weighted by Gasteiger charge is -2.31. The van der Waals surface area contributed by atoms with E-state index in [1.54, 1.807) is 13.0 Å². The second-order valence-electron chi connectivity index (χ2n) is 7.69. The monoisotopic (exact) mass is 456 g/mol. The highest BCUT2D eigenvalue weighted by Crippen LogP contribution is 2.41. The molecule has 1 aliphatic rings. The number of allylic oxidation sites excluding steroid dienone is 1. The zero-order valence-electron chi connectivity index (χ0n) is 18.1. The van der Waals surface area contributed by atoms with Gasteiger partial charge in [0.25, 0.3) is 0 Å². The van der Waals surface area contributed by atoms with Crippen LogP contribution in [-0.2, 0) is 15.8 Å². The molecule has 8 heteroatoms. The third-order valence-corrected chi connectivity index (χ3v) is 5.40. The molecule has 0 spiro atoms. The molecule has 2 aromatic rings. The highest BCUT2D eigenvalue weighted by molar-refractivity contribution is 6.07. The van der Waals surface area contributed by atoms with Crippen LogP contribution in [0.2, 0.25) is 0 Å². The molecule has 0 aromatic heterocycles. The summed E-state index contributed by atoms with van der Waals surface area (Å²) < 4.78 is 39.9. The van der Waals surface area contributed by atoms with E-state index in [-0.39, 0.29) is 29.1 Å². The van der Waals surface area contributed by atoms with Crippen LogP contribution in [0.15, 0.2) is 76.9 Å². The Kier molecular flexibility index (Phi) is 7.16. The Labute approximate surface area is 189 Å². The Morgan fingerprint density at radius 3 is 2.42 bits per heavy atom. The number of aliphatic imine (C=N–C) groups is 1. The van der Waals surface area contributed by atoms with Crippen LogP contribution in [0.25, 0.3) is 6.08 Å². The first kappa shape index (κ1) is 24.0. The van der Waals surface area contributed by atoms with E-state index in [1.165, 1.54) is 19.1 Å². The van der Waals surface area contributed by atoms with Crippen LogP contribution in [-0.4, -0.2) is 29.2 Å². The smallest absolute Gasteiger partial charge is 0.416 e. The number of hydrogen-bond acceptors (Lipinski definition) is 3. The number of alkyl halides is 3.